The third kappa shape index (κ3) is 2.87. The van der Waals surface area contributed by atoms with Crippen molar-refractivity contribution in [1.29, 1.82) is 0 Å². The lowest BCUT2D eigenvalue weighted by molar-refractivity contribution is -0.140. The minimum absolute atomic E-state index is 0.00792. The molecule has 1 aromatic rings. The van der Waals surface area contributed by atoms with E-state index in [0.29, 0.717) is 13.1 Å². The van der Waals surface area contributed by atoms with E-state index in [1.54, 1.807) is 11.9 Å². The summed E-state index contributed by atoms with van der Waals surface area (Å²) in [5.74, 6) is -0.119. The number of nitrogens with one attached hydrogen (secondary N) is 1. The van der Waals surface area contributed by atoms with Crippen LogP contribution in [0.1, 0.15) is 32.8 Å². The Morgan fingerprint density at radius 3 is 2.57 bits per heavy atom. The Balaban J connectivity index is 1.68. The van der Waals surface area contributed by atoms with E-state index in [1.807, 2.05) is 37.1 Å². The number of hydrogen-bond acceptors (Lipinski definition) is 6. The molecule has 3 amide bonds. The maximum absolute atomic E-state index is 13.3. The number of hydrogen-bond donors (Lipinski definition) is 1. The lowest BCUT2D eigenvalue weighted by Gasteiger charge is -2.45. The van der Waals surface area contributed by atoms with E-state index in [-0.39, 0.29) is 30.4 Å². The quantitative estimate of drug-likeness (QED) is 0.851. The Labute approximate surface area is 165 Å². The first kappa shape index (κ1) is 18.9. The van der Waals surface area contributed by atoms with Gasteiger partial charge in [0.05, 0.1) is 18.3 Å². The first-order chi connectivity index (χ1) is 13.4. The summed E-state index contributed by atoms with van der Waals surface area (Å²) < 4.78 is 0. The normalized spacial score (nSPS) is 30.4. The Morgan fingerprint density at radius 1 is 1.18 bits per heavy atom. The molecule has 0 spiro atoms. The molecule has 150 valence electrons. The summed E-state index contributed by atoms with van der Waals surface area (Å²) in [6, 6.07) is 9.50. The number of fused-ring (bicyclic) bond motifs is 3. The molecule has 3 aliphatic rings. The topological polar surface area (TPSA) is 71.5 Å². The number of imide groups is 1. The molecule has 0 bridgehead atoms. The molecule has 28 heavy (non-hydrogen) atoms. The molecule has 8 heteroatoms. The minimum atomic E-state index is -0.419. The SMILES string of the molecule is CCCN1C(=O)C2C(NC3N(Cc4ccccc4)N=C(C)C(C)N23)N(C)C1=O. The zero-order chi connectivity index (χ0) is 20.0. The van der Waals surface area contributed by atoms with E-state index < -0.39 is 6.04 Å². The molecule has 0 aromatic heterocycles. The third-order valence-electron chi connectivity index (χ3n) is 5.95. The number of benzene rings is 1. The van der Waals surface area contributed by atoms with Crippen LogP contribution in [0.25, 0.3) is 0 Å². The molecule has 1 N–H and O–H groups in total. The van der Waals surface area contributed by atoms with Crippen molar-refractivity contribution in [2.45, 2.75) is 58.3 Å². The fourth-order valence-corrected chi connectivity index (χ4v) is 4.37. The van der Waals surface area contributed by atoms with Crippen LogP contribution >= 0.6 is 0 Å². The van der Waals surface area contributed by atoms with Crippen molar-refractivity contribution in [3.63, 3.8) is 0 Å². The van der Waals surface area contributed by atoms with Crippen LogP contribution in [-0.4, -0.2) is 75.5 Å². The first-order valence-corrected chi connectivity index (χ1v) is 9.91. The summed E-state index contributed by atoms with van der Waals surface area (Å²) in [5, 5.41) is 10.3. The maximum Gasteiger partial charge on any atom is 0.327 e. The van der Waals surface area contributed by atoms with Gasteiger partial charge in [0.25, 0.3) is 5.91 Å². The summed E-state index contributed by atoms with van der Waals surface area (Å²) in [4.78, 5) is 31.2. The molecule has 4 unspecified atom stereocenters. The summed E-state index contributed by atoms with van der Waals surface area (Å²) in [7, 11) is 1.76. The maximum atomic E-state index is 13.3. The largest absolute Gasteiger partial charge is 0.327 e. The van der Waals surface area contributed by atoms with E-state index in [1.165, 1.54) is 4.90 Å². The number of urea groups is 1. The highest BCUT2D eigenvalue weighted by Crippen LogP contribution is 2.33. The highest BCUT2D eigenvalue weighted by Gasteiger charge is 2.57. The summed E-state index contributed by atoms with van der Waals surface area (Å²) in [6.07, 6.45) is 0.144. The van der Waals surface area contributed by atoms with Crippen LogP contribution in [0, 0.1) is 0 Å². The van der Waals surface area contributed by atoms with Gasteiger partial charge in [0, 0.05) is 13.6 Å². The van der Waals surface area contributed by atoms with Crippen molar-refractivity contribution in [2.75, 3.05) is 13.6 Å². The Kier molecular flexibility index (Phi) is 4.84. The average molecular weight is 384 g/mol. The van der Waals surface area contributed by atoms with Crippen molar-refractivity contribution < 1.29 is 9.59 Å². The second kappa shape index (κ2) is 7.18. The van der Waals surface area contributed by atoms with Gasteiger partial charge >= 0.3 is 6.03 Å². The highest BCUT2D eigenvalue weighted by molar-refractivity contribution is 6.01. The van der Waals surface area contributed by atoms with Crippen LogP contribution in [0.4, 0.5) is 4.79 Å². The van der Waals surface area contributed by atoms with Crippen LogP contribution in [-0.2, 0) is 11.3 Å². The van der Waals surface area contributed by atoms with Crippen molar-refractivity contribution in [2.24, 2.45) is 5.10 Å². The van der Waals surface area contributed by atoms with E-state index >= 15 is 0 Å². The zero-order valence-corrected chi connectivity index (χ0v) is 16.9. The van der Waals surface area contributed by atoms with Gasteiger partial charge in [0.2, 0.25) is 0 Å². The zero-order valence-electron chi connectivity index (χ0n) is 16.9. The molecule has 0 aliphatic carbocycles. The molecule has 0 saturated carbocycles. The van der Waals surface area contributed by atoms with Gasteiger partial charge in [-0.05, 0) is 25.8 Å². The molecule has 0 radical (unpaired) electrons. The number of likely N-dealkylation sites (N-methyl/N-ethyl adjacent to an activating group) is 1. The molecule has 8 nitrogen and oxygen atoms in total. The van der Waals surface area contributed by atoms with Gasteiger partial charge in [0.15, 0.2) is 6.29 Å². The van der Waals surface area contributed by atoms with E-state index in [4.69, 9.17) is 5.10 Å². The molecule has 1 aromatic carbocycles. The standard InChI is InChI=1S/C20H28N6O2/c1-5-11-24-18(27)16-17(23(4)20(24)28)21-19-25(12-15-9-7-6-8-10-15)22-13(2)14(3)26(16)19/h6-10,14,16-17,19,21H,5,11-12H2,1-4H3. The molecule has 3 aliphatic heterocycles. The van der Waals surface area contributed by atoms with Crippen molar-refractivity contribution in [3.05, 3.63) is 35.9 Å². The summed E-state index contributed by atoms with van der Waals surface area (Å²) in [5.41, 5.74) is 2.11. The van der Waals surface area contributed by atoms with E-state index in [0.717, 1.165) is 17.7 Å². The molecular formula is C20H28N6O2. The number of rotatable bonds is 4. The van der Waals surface area contributed by atoms with Crippen molar-refractivity contribution >= 4 is 17.6 Å². The second-order valence-electron chi connectivity index (χ2n) is 7.76. The smallest absolute Gasteiger partial charge is 0.310 e. The number of amides is 3. The number of nitrogens with zero attached hydrogens (tertiary/aromatic N) is 5. The van der Waals surface area contributed by atoms with Crippen LogP contribution in [0.3, 0.4) is 0 Å². The third-order valence-corrected chi connectivity index (χ3v) is 5.95. The second-order valence-corrected chi connectivity index (χ2v) is 7.76. The molecular weight excluding hydrogens is 356 g/mol. The van der Waals surface area contributed by atoms with E-state index in [2.05, 4.69) is 29.3 Å². The Bertz CT molecular complexity index is 797. The summed E-state index contributed by atoms with van der Waals surface area (Å²) in [6.45, 7) is 7.12. The fraction of sp³-hybridized carbons (Fsp3) is 0.550. The first-order valence-electron chi connectivity index (χ1n) is 9.91. The average Bonchev–Trinajstić information content (AvgIpc) is 3.10. The molecule has 2 saturated heterocycles. The van der Waals surface area contributed by atoms with Gasteiger partial charge in [-0.15, -0.1) is 0 Å². The number of carbonyl (C=O) groups is 2. The highest BCUT2D eigenvalue weighted by atomic mass is 16.2. The summed E-state index contributed by atoms with van der Waals surface area (Å²) >= 11 is 0. The molecule has 3 heterocycles. The van der Waals surface area contributed by atoms with Gasteiger partial charge < -0.3 is 4.90 Å². The van der Waals surface area contributed by atoms with Crippen molar-refractivity contribution in [1.82, 2.24) is 25.0 Å². The van der Waals surface area contributed by atoms with Gasteiger partial charge in [0.1, 0.15) is 12.2 Å². The van der Waals surface area contributed by atoms with Crippen molar-refractivity contribution in [3.8, 4) is 0 Å². The van der Waals surface area contributed by atoms with E-state index in [9.17, 15) is 9.59 Å². The van der Waals surface area contributed by atoms with Gasteiger partial charge in [-0.1, -0.05) is 37.3 Å². The molecule has 4 rings (SSSR count). The number of hydrazone groups is 1. The van der Waals surface area contributed by atoms with Crippen LogP contribution in [0.5, 0.6) is 0 Å². The predicted molar refractivity (Wildman–Crippen MR) is 106 cm³/mol. The number of carbonyl (C=O) groups excluding carboxylic acids is 2. The van der Waals surface area contributed by atoms with Crippen LogP contribution in [0.2, 0.25) is 0 Å². The molecule has 2 fully saturated rings. The van der Waals surface area contributed by atoms with Gasteiger partial charge in [-0.3, -0.25) is 20.0 Å². The van der Waals surface area contributed by atoms with Gasteiger partial charge in [-0.25, -0.2) is 9.69 Å². The lowest BCUT2D eigenvalue weighted by atomic mass is 10.1. The lowest BCUT2D eigenvalue weighted by Crippen LogP contribution is -2.67. The molecule has 4 atom stereocenters. The Hall–Kier alpha value is -2.45. The monoisotopic (exact) mass is 384 g/mol. The Morgan fingerprint density at radius 2 is 1.89 bits per heavy atom. The van der Waals surface area contributed by atoms with Crippen LogP contribution in [0.15, 0.2) is 35.4 Å². The minimum Gasteiger partial charge on any atom is -0.310 e. The fourth-order valence-electron chi connectivity index (χ4n) is 4.37. The predicted octanol–water partition coefficient (Wildman–Crippen LogP) is 1.45. The van der Waals surface area contributed by atoms with Gasteiger partial charge in [-0.2, -0.15) is 5.10 Å². The van der Waals surface area contributed by atoms with Crippen LogP contribution < -0.4 is 5.32 Å².